The molecule has 0 spiro atoms. The number of para-hydroxylation sites is 1. The van der Waals surface area contributed by atoms with Crippen LogP contribution in [0.25, 0.3) is 10.9 Å². The second-order valence-electron chi connectivity index (χ2n) is 12.2. The molecule has 0 unspecified atom stereocenters. The minimum Gasteiger partial charge on any atom is -0.507 e. The molecule has 2 aromatic rings. The summed E-state index contributed by atoms with van der Waals surface area (Å²) < 4.78 is 17.1. The van der Waals surface area contributed by atoms with Crippen LogP contribution in [0.1, 0.15) is 64.9 Å². The number of carbonyl (C=O) groups is 3. The summed E-state index contributed by atoms with van der Waals surface area (Å²) in [6, 6.07) is 5.54. The number of aromatic nitrogens is 1. The Morgan fingerprint density at radius 1 is 1.12 bits per heavy atom. The van der Waals surface area contributed by atoms with Gasteiger partial charge in [-0.25, -0.2) is 14.6 Å². The molecular weight excluding hydrogens is 514 g/mol. The van der Waals surface area contributed by atoms with Gasteiger partial charge in [0.25, 0.3) is 0 Å². The van der Waals surface area contributed by atoms with Crippen LogP contribution in [0.3, 0.4) is 0 Å². The SMILES string of the molecule is COC(=O)[C@@H]1C[C@@H]2CN1C(=O)[C@H](C(C)(C)C)NC(=O)O[C@@H]1C[C@H]1CCCCCc1c(nc3ccccc3c1O)O2. The van der Waals surface area contributed by atoms with E-state index in [9.17, 15) is 19.5 Å². The second kappa shape index (κ2) is 11.1. The van der Waals surface area contributed by atoms with E-state index < -0.39 is 41.6 Å². The number of carbonyl (C=O) groups excluding carboxylic acids is 3. The van der Waals surface area contributed by atoms with Crippen molar-refractivity contribution in [1.82, 2.24) is 15.2 Å². The van der Waals surface area contributed by atoms with Crippen molar-refractivity contribution in [2.75, 3.05) is 13.7 Å². The highest BCUT2D eigenvalue weighted by molar-refractivity contribution is 5.91. The summed E-state index contributed by atoms with van der Waals surface area (Å²) in [5, 5.41) is 14.7. The molecule has 3 aliphatic rings. The molecule has 2 amide bonds. The van der Waals surface area contributed by atoms with E-state index in [-0.39, 0.29) is 24.8 Å². The second-order valence-corrected chi connectivity index (χ2v) is 12.2. The third kappa shape index (κ3) is 5.81. The monoisotopic (exact) mass is 553 g/mol. The average Bonchev–Trinajstić information content (AvgIpc) is 3.50. The van der Waals surface area contributed by atoms with Crippen LogP contribution in [0, 0.1) is 11.3 Å². The van der Waals surface area contributed by atoms with Crippen molar-refractivity contribution in [3.05, 3.63) is 29.8 Å². The number of alkyl carbamates (subject to hydrolysis) is 1. The molecule has 2 aliphatic heterocycles. The molecule has 1 aromatic heterocycles. The number of ether oxygens (including phenoxy) is 3. The van der Waals surface area contributed by atoms with Crippen LogP contribution < -0.4 is 10.1 Å². The molecule has 1 saturated carbocycles. The molecule has 2 fully saturated rings. The summed E-state index contributed by atoms with van der Waals surface area (Å²) in [5.74, 6) is -0.191. The molecule has 40 heavy (non-hydrogen) atoms. The van der Waals surface area contributed by atoms with E-state index in [1.807, 2.05) is 45.0 Å². The highest BCUT2D eigenvalue weighted by atomic mass is 16.6. The Balaban J connectivity index is 1.50. The fraction of sp³-hybridized carbons (Fsp3) is 0.600. The summed E-state index contributed by atoms with van der Waals surface area (Å²) in [7, 11) is 1.28. The van der Waals surface area contributed by atoms with E-state index in [1.54, 1.807) is 0 Å². The summed E-state index contributed by atoms with van der Waals surface area (Å²) in [6.07, 6.45) is 3.94. The van der Waals surface area contributed by atoms with Crippen LogP contribution in [0.2, 0.25) is 0 Å². The van der Waals surface area contributed by atoms with Crippen molar-refractivity contribution < 1.29 is 33.7 Å². The van der Waals surface area contributed by atoms with Crippen LogP contribution in [0.4, 0.5) is 4.79 Å². The lowest BCUT2D eigenvalue weighted by atomic mass is 9.85. The Labute approximate surface area is 234 Å². The minimum absolute atomic E-state index is 0.0985. The third-order valence-corrected chi connectivity index (χ3v) is 8.22. The van der Waals surface area contributed by atoms with Crippen molar-refractivity contribution >= 4 is 28.9 Å². The first kappa shape index (κ1) is 28.0. The molecule has 2 N–H and O–H groups in total. The molecule has 2 bridgehead atoms. The van der Waals surface area contributed by atoms with E-state index in [0.717, 1.165) is 32.1 Å². The first-order chi connectivity index (χ1) is 19.1. The average molecular weight is 554 g/mol. The Kier molecular flexibility index (Phi) is 7.79. The molecule has 1 aromatic carbocycles. The Morgan fingerprint density at radius 2 is 1.90 bits per heavy atom. The predicted molar refractivity (Wildman–Crippen MR) is 147 cm³/mol. The van der Waals surface area contributed by atoms with E-state index >= 15 is 0 Å². The molecule has 1 saturated heterocycles. The zero-order chi connectivity index (χ0) is 28.6. The molecule has 5 rings (SSSR count). The summed E-state index contributed by atoms with van der Waals surface area (Å²) in [6.45, 7) is 5.66. The first-order valence-electron chi connectivity index (χ1n) is 14.2. The molecular formula is C30H39N3O7. The van der Waals surface area contributed by atoms with E-state index in [4.69, 9.17) is 19.2 Å². The lowest BCUT2D eigenvalue weighted by Crippen LogP contribution is -2.57. The Hall–Kier alpha value is -3.56. The van der Waals surface area contributed by atoms with Gasteiger partial charge in [-0.3, -0.25) is 4.79 Å². The summed E-state index contributed by atoms with van der Waals surface area (Å²) in [5.41, 5.74) is 0.580. The van der Waals surface area contributed by atoms with E-state index in [1.165, 1.54) is 12.0 Å². The highest BCUT2D eigenvalue weighted by Gasteiger charge is 2.47. The predicted octanol–water partition coefficient (Wildman–Crippen LogP) is 4.11. The maximum atomic E-state index is 13.9. The zero-order valence-electron chi connectivity index (χ0n) is 23.6. The van der Waals surface area contributed by atoms with Gasteiger partial charge >= 0.3 is 12.1 Å². The van der Waals surface area contributed by atoms with Gasteiger partial charge in [-0.05, 0) is 49.1 Å². The van der Waals surface area contributed by atoms with E-state index in [2.05, 4.69) is 5.32 Å². The van der Waals surface area contributed by atoms with Gasteiger partial charge in [-0.2, -0.15) is 0 Å². The number of esters is 1. The fourth-order valence-corrected chi connectivity index (χ4v) is 5.84. The van der Waals surface area contributed by atoms with Gasteiger partial charge in [0.1, 0.15) is 30.0 Å². The molecule has 1 aliphatic carbocycles. The van der Waals surface area contributed by atoms with Crippen molar-refractivity contribution in [3.8, 4) is 11.6 Å². The van der Waals surface area contributed by atoms with Crippen LogP contribution in [0.15, 0.2) is 24.3 Å². The molecule has 0 radical (unpaired) electrons. The number of fused-ring (bicyclic) bond motifs is 5. The van der Waals surface area contributed by atoms with Crippen molar-refractivity contribution in [2.45, 2.75) is 90.0 Å². The van der Waals surface area contributed by atoms with Crippen LogP contribution in [-0.2, 0) is 25.5 Å². The number of hydrogen-bond donors (Lipinski definition) is 2. The number of amides is 2. The maximum Gasteiger partial charge on any atom is 0.408 e. The summed E-state index contributed by atoms with van der Waals surface area (Å²) >= 11 is 0. The van der Waals surface area contributed by atoms with Gasteiger partial charge in [-0.15, -0.1) is 0 Å². The lowest BCUT2D eigenvalue weighted by molar-refractivity contribution is -0.152. The van der Waals surface area contributed by atoms with Crippen LogP contribution >= 0.6 is 0 Å². The van der Waals surface area contributed by atoms with Crippen molar-refractivity contribution in [2.24, 2.45) is 11.3 Å². The van der Waals surface area contributed by atoms with Gasteiger partial charge in [0.05, 0.1) is 24.7 Å². The van der Waals surface area contributed by atoms with Gasteiger partial charge < -0.3 is 29.5 Å². The third-order valence-electron chi connectivity index (χ3n) is 8.22. The highest BCUT2D eigenvalue weighted by Crippen LogP contribution is 2.40. The fourth-order valence-electron chi connectivity index (χ4n) is 5.84. The Bertz CT molecular complexity index is 1290. The van der Waals surface area contributed by atoms with E-state index in [0.29, 0.717) is 34.7 Å². The minimum atomic E-state index is -0.930. The number of pyridine rings is 1. The molecule has 10 heteroatoms. The molecule has 3 heterocycles. The summed E-state index contributed by atoms with van der Waals surface area (Å²) in [4.78, 5) is 45.7. The zero-order valence-corrected chi connectivity index (χ0v) is 23.6. The lowest BCUT2D eigenvalue weighted by Gasteiger charge is -2.34. The number of methoxy groups -OCH3 is 1. The largest absolute Gasteiger partial charge is 0.507 e. The molecule has 5 atom stereocenters. The van der Waals surface area contributed by atoms with Gasteiger partial charge in [0, 0.05) is 11.8 Å². The first-order valence-corrected chi connectivity index (χ1v) is 14.2. The topological polar surface area (TPSA) is 127 Å². The standard InChI is InChI=1S/C30H39N3O7/c1-30(2,3)25-27(35)33-16-18(15-22(33)28(36)38-4)39-26-20(24(34)19-11-8-9-13-21(19)31-26)12-7-5-6-10-17-14-23(17)40-29(37)32-25/h8-9,11,13,17-18,22-23,25H,5-7,10,12,14-16H2,1-4H3,(H,31,34)(H,32,37)/t17-,18-,22+,23-,25-/m1/s1. The maximum absolute atomic E-state index is 13.9. The van der Waals surface area contributed by atoms with Crippen molar-refractivity contribution in [1.29, 1.82) is 0 Å². The van der Waals surface area contributed by atoms with Gasteiger partial charge in [0.15, 0.2) is 0 Å². The molecule has 10 nitrogen and oxygen atoms in total. The normalized spacial score (nSPS) is 27.8. The van der Waals surface area contributed by atoms with Crippen LogP contribution in [0.5, 0.6) is 11.6 Å². The number of hydrogen-bond acceptors (Lipinski definition) is 8. The Morgan fingerprint density at radius 3 is 2.65 bits per heavy atom. The smallest absolute Gasteiger partial charge is 0.408 e. The number of aromatic hydroxyl groups is 1. The number of nitrogens with one attached hydrogen (secondary N) is 1. The number of benzene rings is 1. The molecule has 216 valence electrons. The van der Waals surface area contributed by atoms with Gasteiger partial charge in [0.2, 0.25) is 11.8 Å². The van der Waals surface area contributed by atoms with Crippen molar-refractivity contribution in [3.63, 3.8) is 0 Å². The van der Waals surface area contributed by atoms with Gasteiger partial charge in [-0.1, -0.05) is 45.7 Å². The quantitative estimate of drug-likeness (QED) is 0.505. The number of rotatable bonds is 1. The number of nitrogens with zero attached hydrogens (tertiary/aromatic N) is 2. The van der Waals surface area contributed by atoms with Crippen LogP contribution in [-0.4, -0.2) is 70.9 Å².